The molecule has 4 nitrogen and oxygen atoms in total. The minimum Gasteiger partial charge on any atom is -0.496 e. The van der Waals surface area contributed by atoms with E-state index in [2.05, 4.69) is 0 Å². The Bertz CT molecular complexity index is 510. The van der Waals surface area contributed by atoms with Crippen LogP contribution in [0.5, 0.6) is 5.75 Å². The van der Waals surface area contributed by atoms with Gasteiger partial charge in [-0.05, 0) is 43.5 Å². The van der Waals surface area contributed by atoms with Gasteiger partial charge in [0, 0.05) is 5.56 Å². The second-order valence-corrected chi connectivity index (χ2v) is 5.28. The number of rotatable bonds is 4. The van der Waals surface area contributed by atoms with Gasteiger partial charge in [0.05, 0.1) is 26.9 Å². The summed E-state index contributed by atoms with van der Waals surface area (Å²) in [6, 6.07) is 1.85. The normalized spacial score (nSPS) is 16.9. The number of aliphatic hydroxyl groups excluding tert-OH is 1. The number of hydrogen-bond donors (Lipinski definition) is 1. The zero-order valence-electron chi connectivity index (χ0n) is 11.9. The predicted molar refractivity (Wildman–Crippen MR) is 71.9 cm³/mol. The number of aryl methyl sites for hydroxylation is 1. The molecule has 0 unspecified atom stereocenters. The molecule has 0 bridgehead atoms. The molecule has 0 spiro atoms. The molecule has 2 rings (SSSR count). The Morgan fingerprint density at radius 3 is 2.42 bits per heavy atom. The molecule has 1 aromatic carbocycles. The van der Waals surface area contributed by atoms with E-state index in [1.165, 1.54) is 0 Å². The molecule has 4 heteroatoms. The number of carbonyl (C=O) groups is 1. The molecule has 1 N–H and O–H groups in total. The van der Waals surface area contributed by atoms with Crippen LogP contribution in [0.2, 0.25) is 0 Å². The van der Waals surface area contributed by atoms with Crippen LogP contribution in [-0.4, -0.2) is 37.8 Å². The number of methoxy groups -OCH3 is 1. The molecular formula is C15H20O4. The third-order valence-electron chi connectivity index (χ3n) is 4.02. The maximum absolute atomic E-state index is 12.6. The average Bonchev–Trinajstić information content (AvgIpc) is 2.33. The average molecular weight is 264 g/mol. The number of hydrogen-bond acceptors (Lipinski definition) is 4. The van der Waals surface area contributed by atoms with E-state index >= 15 is 0 Å². The lowest BCUT2D eigenvalue weighted by Crippen LogP contribution is -2.52. The van der Waals surface area contributed by atoms with Gasteiger partial charge >= 0.3 is 0 Å². The molecule has 0 aromatic heterocycles. The number of aliphatic hydroxyl groups is 1. The first-order valence-electron chi connectivity index (χ1n) is 6.35. The van der Waals surface area contributed by atoms with E-state index in [4.69, 9.17) is 9.47 Å². The molecule has 1 heterocycles. The summed E-state index contributed by atoms with van der Waals surface area (Å²) in [4.78, 5) is 12.6. The van der Waals surface area contributed by atoms with Crippen molar-refractivity contribution in [3.8, 4) is 5.75 Å². The number of Topliss-reactive ketones (excluding diaryl/α,β-unsaturated/α-hetero) is 1. The summed E-state index contributed by atoms with van der Waals surface area (Å²) >= 11 is 0. The van der Waals surface area contributed by atoms with Crippen molar-refractivity contribution in [2.45, 2.75) is 20.8 Å². The molecule has 1 aliphatic rings. The third-order valence-corrected chi connectivity index (χ3v) is 4.02. The topological polar surface area (TPSA) is 55.8 Å². The minimum absolute atomic E-state index is 0.0346. The van der Waals surface area contributed by atoms with Gasteiger partial charge in [-0.3, -0.25) is 4.79 Å². The first kappa shape index (κ1) is 14.0. The van der Waals surface area contributed by atoms with Crippen LogP contribution >= 0.6 is 0 Å². The number of benzene rings is 1. The van der Waals surface area contributed by atoms with Crippen molar-refractivity contribution >= 4 is 5.78 Å². The molecule has 0 amide bonds. The van der Waals surface area contributed by atoms with E-state index in [1.54, 1.807) is 7.11 Å². The Balaban J connectivity index is 2.49. The summed E-state index contributed by atoms with van der Waals surface area (Å²) in [5, 5.41) is 9.47. The predicted octanol–water partition coefficient (Wildman–Crippen LogP) is 1.81. The van der Waals surface area contributed by atoms with Crippen molar-refractivity contribution < 1.29 is 19.4 Å². The summed E-state index contributed by atoms with van der Waals surface area (Å²) in [5.74, 6) is 0.782. The fourth-order valence-corrected chi connectivity index (χ4v) is 2.54. The molecule has 1 fully saturated rings. The zero-order valence-corrected chi connectivity index (χ0v) is 11.9. The van der Waals surface area contributed by atoms with Gasteiger partial charge in [0.25, 0.3) is 0 Å². The highest BCUT2D eigenvalue weighted by Crippen LogP contribution is 2.35. The van der Waals surface area contributed by atoms with Crippen LogP contribution in [0.1, 0.15) is 27.0 Å². The van der Waals surface area contributed by atoms with Crippen LogP contribution in [0, 0.1) is 26.2 Å². The largest absolute Gasteiger partial charge is 0.496 e. The highest BCUT2D eigenvalue weighted by atomic mass is 16.5. The summed E-state index contributed by atoms with van der Waals surface area (Å²) in [6.07, 6.45) is 0. The fraction of sp³-hybridized carbons (Fsp3) is 0.533. The summed E-state index contributed by atoms with van der Waals surface area (Å²) in [5.41, 5.74) is 2.72. The highest BCUT2D eigenvalue weighted by Gasteiger charge is 2.46. The van der Waals surface area contributed by atoms with E-state index in [0.29, 0.717) is 18.8 Å². The van der Waals surface area contributed by atoms with Crippen LogP contribution in [0.15, 0.2) is 6.07 Å². The van der Waals surface area contributed by atoms with E-state index in [0.717, 1.165) is 22.4 Å². The Labute approximate surface area is 113 Å². The minimum atomic E-state index is -0.752. The second kappa shape index (κ2) is 4.94. The van der Waals surface area contributed by atoms with Crippen LogP contribution in [0.25, 0.3) is 0 Å². The maximum atomic E-state index is 12.6. The molecule has 1 aromatic rings. The van der Waals surface area contributed by atoms with Crippen LogP contribution in [0.4, 0.5) is 0 Å². The van der Waals surface area contributed by atoms with Crippen molar-refractivity contribution in [3.05, 3.63) is 28.3 Å². The quantitative estimate of drug-likeness (QED) is 0.843. The molecular weight excluding hydrogens is 244 g/mol. The lowest BCUT2D eigenvalue weighted by molar-refractivity contribution is -0.109. The summed E-state index contributed by atoms with van der Waals surface area (Å²) < 4.78 is 10.5. The van der Waals surface area contributed by atoms with Gasteiger partial charge in [-0.15, -0.1) is 0 Å². The highest BCUT2D eigenvalue weighted by molar-refractivity contribution is 6.03. The van der Waals surface area contributed by atoms with Crippen molar-refractivity contribution in [2.24, 2.45) is 5.41 Å². The van der Waals surface area contributed by atoms with E-state index < -0.39 is 5.41 Å². The van der Waals surface area contributed by atoms with E-state index in [9.17, 15) is 9.90 Å². The molecule has 104 valence electrons. The van der Waals surface area contributed by atoms with Gasteiger partial charge < -0.3 is 14.6 Å². The number of carbonyl (C=O) groups excluding carboxylic acids is 1. The van der Waals surface area contributed by atoms with Gasteiger partial charge in [0.1, 0.15) is 11.2 Å². The monoisotopic (exact) mass is 264 g/mol. The lowest BCUT2D eigenvalue weighted by Gasteiger charge is -2.38. The molecule has 0 saturated carbocycles. The Kier molecular flexibility index (Phi) is 3.65. The smallest absolute Gasteiger partial charge is 0.176 e. The van der Waals surface area contributed by atoms with Crippen molar-refractivity contribution in [1.29, 1.82) is 0 Å². The van der Waals surface area contributed by atoms with Crippen molar-refractivity contribution in [3.63, 3.8) is 0 Å². The second-order valence-electron chi connectivity index (χ2n) is 5.28. The van der Waals surface area contributed by atoms with Crippen LogP contribution in [-0.2, 0) is 4.74 Å². The molecule has 1 aliphatic heterocycles. The number of ether oxygens (including phenoxy) is 2. The molecule has 1 saturated heterocycles. The van der Waals surface area contributed by atoms with Gasteiger partial charge in [-0.1, -0.05) is 0 Å². The van der Waals surface area contributed by atoms with Crippen LogP contribution in [0.3, 0.4) is 0 Å². The molecule has 19 heavy (non-hydrogen) atoms. The Hall–Kier alpha value is -1.39. The standard InChI is InChI=1S/C15H20O4/c1-9-5-12(10(2)11(3)13(9)18-4)14(17)15(6-16)7-19-8-15/h5,16H,6-8H2,1-4H3. The summed E-state index contributed by atoms with van der Waals surface area (Å²) in [7, 11) is 1.63. The van der Waals surface area contributed by atoms with Gasteiger partial charge in [0.2, 0.25) is 0 Å². The van der Waals surface area contributed by atoms with Crippen molar-refractivity contribution in [2.75, 3.05) is 26.9 Å². The Morgan fingerprint density at radius 1 is 1.37 bits per heavy atom. The van der Waals surface area contributed by atoms with Gasteiger partial charge in [-0.2, -0.15) is 0 Å². The van der Waals surface area contributed by atoms with Crippen LogP contribution < -0.4 is 4.74 Å². The molecule has 0 radical (unpaired) electrons. The lowest BCUT2D eigenvalue weighted by atomic mass is 9.77. The summed E-state index contributed by atoms with van der Waals surface area (Å²) in [6.45, 7) is 6.20. The third kappa shape index (κ3) is 2.05. The van der Waals surface area contributed by atoms with Gasteiger partial charge in [0.15, 0.2) is 5.78 Å². The SMILES string of the molecule is COc1c(C)cc(C(=O)C2(CO)COC2)c(C)c1C. The molecule has 0 aliphatic carbocycles. The molecule has 0 atom stereocenters. The first-order valence-corrected chi connectivity index (χ1v) is 6.35. The first-order chi connectivity index (χ1) is 8.96. The zero-order chi connectivity index (χ0) is 14.2. The number of ketones is 1. The maximum Gasteiger partial charge on any atom is 0.176 e. The Morgan fingerprint density at radius 2 is 2.00 bits per heavy atom. The van der Waals surface area contributed by atoms with Gasteiger partial charge in [-0.25, -0.2) is 0 Å². The van der Waals surface area contributed by atoms with E-state index in [1.807, 2.05) is 26.8 Å². The fourth-order valence-electron chi connectivity index (χ4n) is 2.54. The van der Waals surface area contributed by atoms with E-state index in [-0.39, 0.29) is 12.4 Å². The van der Waals surface area contributed by atoms with Crippen molar-refractivity contribution in [1.82, 2.24) is 0 Å².